The molecule has 0 radical (unpaired) electrons. The number of carbonyl (C=O) groups is 1. The number of hydrogen-bond acceptors (Lipinski definition) is 11. The van der Waals surface area contributed by atoms with Crippen molar-refractivity contribution >= 4 is 24.6 Å². The largest absolute Gasteiger partial charge is 0.388 e. The van der Waals surface area contributed by atoms with Crippen molar-refractivity contribution in [1.82, 2.24) is 15.0 Å². The second-order valence-electron chi connectivity index (χ2n) is 2.72. The maximum atomic E-state index is 8.61. The average molecular weight is 292 g/mol. The number of hydrogen-bond donors (Lipinski definition) is 6. The minimum atomic E-state index is -0.332. The molecule has 0 aliphatic carbocycles. The van der Waals surface area contributed by atoms with Crippen LogP contribution in [0.2, 0.25) is 0 Å². The number of ether oxygens (including phenoxy) is 1. The van der Waals surface area contributed by atoms with Crippen LogP contribution in [-0.4, -0.2) is 71.5 Å². The number of aliphatic hydroxyl groups is 3. The van der Waals surface area contributed by atoms with Gasteiger partial charge in [0.05, 0.1) is 0 Å². The van der Waals surface area contributed by atoms with E-state index in [1.807, 2.05) is 6.79 Å². The maximum absolute atomic E-state index is 8.61. The Morgan fingerprint density at radius 2 is 1.05 bits per heavy atom. The second-order valence-corrected chi connectivity index (χ2v) is 2.72. The minimum Gasteiger partial charge on any atom is -0.388 e. The SMILES string of the molecule is C=O.COC.OCNc1nc(NCO)nc(NCO)n1. The van der Waals surface area contributed by atoms with Gasteiger partial charge in [0.25, 0.3) is 0 Å². The Bertz CT molecular complexity index is 283. The van der Waals surface area contributed by atoms with Gasteiger partial charge in [-0.3, -0.25) is 0 Å². The Morgan fingerprint density at radius 3 is 1.20 bits per heavy atom. The number of methoxy groups -OCH3 is 1. The molecule has 1 aromatic rings. The molecule has 0 aliphatic rings. The van der Waals surface area contributed by atoms with E-state index in [9.17, 15) is 0 Å². The highest BCUT2D eigenvalue weighted by molar-refractivity contribution is 5.41. The van der Waals surface area contributed by atoms with E-state index < -0.39 is 0 Å². The lowest BCUT2D eigenvalue weighted by Crippen LogP contribution is -2.13. The predicted octanol–water partition coefficient (Wildman–Crippen LogP) is -1.97. The van der Waals surface area contributed by atoms with E-state index in [1.165, 1.54) is 0 Å². The molecule has 1 aromatic heterocycles. The van der Waals surface area contributed by atoms with Crippen LogP contribution in [0.4, 0.5) is 17.8 Å². The molecule has 0 spiro atoms. The van der Waals surface area contributed by atoms with Gasteiger partial charge in [-0.15, -0.1) is 0 Å². The van der Waals surface area contributed by atoms with Crippen molar-refractivity contribution in [2.75, 3.05) is 50.4 Å². The smallest absolute Gasteiger partial charge is 0.231 e. The van der Waals surface area contributed by atoms with Gasteiger partial charge in [-0.25, -0.2) is 0 Å². The van der Waals surface area contributed by atoms with Crippen LogP contribution in [-0.2, 0) is 9.53 Å². The van der Waals surface area contributed by atoms with Gasteiger partial charge < -0.3 is 40.8 Å². The number of rotatable bonds is 6. The number of aliphatic hydroxyl groups excluding tert-OH is 3. The van der Waals surface area contributed by atoms with Gasteiger partial charge >= 0.3 is 0 Å². The summed E-state index contributed by atoms with van der Waals surface area (Å²) < 4.78 is 4.25. The van der Waals surface area contributed by atoms with Gasteiger partial charge in [0.15, 0.2) is 0 Å². The van der Waals surface area contributed by atoms with E-state index in [0.717, 1.165) is 0 Å². The zero-order chi connectivity index (χ0) is 15.8. The lowest BCUT2D eigenvalue weighted by atomic mass is 10.8. The molecule has 0 fully saturated rings. The molecule has 0 atom stereocenters. The van der Waals surface area contributed by atoms with Crippen molar-refractivity contribution in [3.8, 4) is 0 Å². The lowest BCUT2D eigenvalue weighted by Gasteiger charge is -2.07. The molecule has 0 saturated carbocycles. The van der Waals surface area contributed by atoms with E-state index in [-0.39, 0.29) is 38.0 Å². The molecule has 0 aliphatic heterocycles. The Hall–Kier alpha value is -2.08. The Labute approximate surface area is 116 Å². The first kappa shape index (κ1) is 20.2. The maximum Gasteiger partial charge on any atom is 0.231 e. The van der Waals surface area contributed by atoms with Gasteiger partial charge in [0.1, 0.15) is 27.0 Å². The van der Waals surface area contributed by atoms with Crippen LogP contribution in [0.5, 0.6) is 0 Å². The summed E-state index contributed by atoms with van der Waals surface area (Å²) in [5, 5.41) is 33.2. The number of anilines is 3. The third kappa shape index (κ3) is 9.90. The molecule has 116 valence electrons. The fourth-order valence-corrected chi connectivity index (χ4v) is 0.825. The quantitative estimate of drug-likeness (QED) is 0.322. The highest BCUT2D eigenvalue weighted by Crippen LogP contribution is 2.07. The number of nitrogens with zero attached hydrogens (tertiary/aromatic N) is 3. The first-order valence-electron chi connectivity index (χ1n) is 5.21. The summed E-state index contributed by atoms with van der Waals surface area (Å²) in [6.45, 7) is 1.00. The van der Waals surface area contributed by atoms with Crippen molar-refractivity contribution in [2.24, 2.45) is 0 Å². The average Bonchev–Trinajstić information content (AvgIpc) is 2.43. The third-order valence-electron chi connectivity index (χ3n) is 1.35. The molecule has 20 heavy (non-hydrogen) atoms. The lowest BCUT2D eigenvalue weighted by molar-refractivity contribution is -0.0979. The molecule has 0 aromatic carbocycles. The Balaban J connectivity index is 0. The molecule has 6 N–H and O–H groups in total. The highest BCUT2D eigenvalue weighted by Gasteiger charge is 2.04. The number of aromatic nitrogens is 3. The Kier molecular flexibility index (Phi) is 15.2. The predicted molar refractivity (Wildman–Crippen MR) is 72.0 cm³/mol. The normalized spacial score (nSPS) is 8.45. The molecular weight excluding hydrogens is 272 g/mol. The zero-order valence-corrected chi connectivity index (χ0v) is 11.3. The summed E-state index contributed by atoms with van der Waals surface area (Å²) in [6, 6.07) is 0. The van der Waals surface area contributed by atoms with Crippen LogP contribution in [0.25, 0.3) is 0 Å². The van der Waals surface area contributed by atoms with Crippen molar-refractivity contribution in [3.05, 3.63) is 0 Å². The molecule has 1 heterocycles. The summed E-state index contributed by atoms with van der Waals surface area (Å²) in [5.74, 6) is 0.373. The summed E-state index contributed by atoms with van der Waals surface area (Å²) in [5.41, 5.74) is 0. The van der Waals surface area contributed by atoms with E-state index >= 15 is 0 Å². The first-order chi connectivity index (χ1) is 9.71. The number of nitrogens with one attached hydrogen (secondary N) is 3. The van der Waals surface area contributed by atoms with Gasteiger partial charge in [-0.1, -0.05) is 0 Å². The van der Waals surface area contributed by atoms with Crippen LogP contribution in [0, 0.1) is 0 Å². The van der Waals surface area contributed by atoms with Gasteiger partial charge in [-0.2, -0.15) is 15.0 Å². The standard InChI is InChI=1S/C6H12N6O3.C2H6O.CH2O/c13-1-7-4-10-5(8-2-14)12-6(11-4)9-3-15;1-3-2;1-2/h13-15H,1-3H2,(H3,7,8,9,10,11,12);1-2H3;1H2. The monoisotopic (exact) mass is 292 g/mol. The van der Waals surface area contributed by atoms with E-state index in [2.05, 4.69) is 35.6 Å². The first-order valence-corrected chi connectivity index (χ1v) is 5.21. The van der Waals surface area contributed by atoms with Gasteiger partial charge in [0.2, 0.25) is 17.8 Å². The molecule has 0 unspecified atom stereocenters. The van der Waals surface area contributed by atoms with Crippen molar-refractivity contribution in [2.45, 2.75) is 0 Å². The molecular formula is C9H20N6O5. The van der Waals surface area contributed by atoms with Crippen LogP contribution in [0.15, 0.2) is 0 Å². The van der Waals surface area contributed by atoms with Gasteiger partial charge in [0, 0.05) is 14.2 Å². The van der Waals surface area contributed by atoms with Crippen LogP contribution in [0.1, 0.15) is 0 Å². The third-order valence-corrected chi connectivity index (χ3v) is 1.35. The summed E-state index contributed by atoms with van der Waals surface area (Å²) in [7, 11) is 3.25. The fourth-order valence-electron chi connectivity index (χ4n) is 0.825. The molecule has 11 nitrogen and oxygen atoms in total. The molecule has 0 saturated heterocycles. The fraction of sp³-hybridized carbons (Fsp3) is 0.556. The van der Waals surface area contributed by atoms with Crippen LogP contribution >= 0.6 is 0 Å². The topological polar surface area (TPSA) is 162 Å². The highest BCUT2D eigenvalue weighted by atomic mass is 16.4. The number of carbonyl (C=O) groups excluding carboxylic acids is 1. The van der Waals surface area contributed by atoms with E-state index in [0.29, 0.717) is 0 Å². The summed E-state index contributed by atoms with van der Waals surface area (Å²) >= 11 is 0. The summed E-state index contributed by atoms with van der Waals surface area (Å²) in [6.07, 6.45) is 0. The summed E-state index contributed by atoms with van der Waals surface area (Å²) in [4.78, 5) is 19.4. The van der Waals surface area contributed by atoms with Crippen molar-refractivity contribution in [3.63, 3.8) is 0 Å². The zero-order valence-electron chi connectivity index (χ0n) is 11.3. The molecule has 0 amide bonds. The molecule has 11 heteroatoms. The van der Waals surface area contributed by atoms with Crippen LogP contribution < -0.4 is 16.0 Å². The Morgan fingerprint density at radius 1 is 0.850 bits per heavy atom. The molecule has 1 rings (SSSR count). The minimum absolute atomic E-state index is 0.124. The molecule has 0 bridgehead atoms. The van der Waals surface area contributed by atoms with Crippen molar-refractivity contribution in [1.29, 1.82) is 0 Å². The van der Waals surface area contributed by atoms with Gasteiger partial charge in [-0.05, 0) is 0 Å². The second kappa shape index (κ2) is 15.0. The van der Waals surface area contributed by atoms with Crippen molar-refractivity contribution < 1.29 is 24.9 Å². The van der Waals surface area contributed by atoms with E-state index in [4.69, 9.17) is 20.1 Å². The van der Waals surface area contributed by atoms with Crippen LogP contribution in [0.3, 0.4) is 0 Å². The van der Waals surface area contributed by atoms with E-state index in [1.54, 1.807) is 14.2 Å².